The first-order chi connectivity index (χ1) is 10.2. The van der Waals surface area contributed by atoms with Crippen molar-refractivity contribution in [2.45, 2.75) is 18.9 Å². The minimum atomic E-state index is 0.0215. The Morgan fingerprint density at radius 3 is 2.76 bits per heavy atom. The van der Waals surface area contributed by atoms with Gasteiger partial charge in [0.2, 0.25) is 5.91 Å². The Morgan fingerprint density at radius 1 is 1.43 bits per heavy atom. The number of ether oxygens (including phenoxy) is 1. The minimum Gasteiger partial charge on any atom is -0.492 e. The Kier molecular flexibility index (Phi) is 6.02. The van der Waals surface area contributed by atoms with E-state index in [0.29, 0.717) is 38.2 Å². The number of hydrogen-bond donors (Lipinski definition) is 2. The third-order valence-corrected chi connectivity index (χ3v) is 3.80. The van der Waals surface area contributed by atoms with Gasteiger partial charge in [-0.3, -0.25) is 9.69 Å². The molecule has 1 aliphatic carbocycles. The van der Waals surface area contributed by atoms with Crippen molar-refractivity contribution < 1.29 is 9.53 Å². The van der Waals surface area contributed by atoms with E-state index in [9.17, 15) is 4.79 Å². The van der Waals surface area contributed by atoms with Gasteiger partial charge in [0.15, 0.2) is 0 Å². The van der Waals surface area contributed by atoms with Crippen molar-refractivity contribution in [2.75, 3.05) is 33.3 Å². The molecule has 21 heavy (non-hydrogen) atoms. The normalized spacial score (nSPS) is 15.8. The summed E-state index contributed by atoms with van der Waals surface area (Å²) >= 11 is 0. The van der Waals surface area contributed by atoms with E-state index in [1.54, 1.807) is 0 Å². The molecule has 116 valence electrons. The van der Waals surface area contributed by atoms with E-state index >= 15 is 0 Å². The molecule has 0 bridgehead atoms. The van der Waals surface area contributed by atoms with Crippen LogP contribution in [0.15, 0.2) is 30.3 Å². The molecule has 3 N–H and O–H groups in total. The highest BCUT2D eigenvalue weighted by Gasteiger charge is 2.33. The van der Waals surface area contributed by atoms with Crippen LogP contribution in [-0.4, -0.2) is 50.1 Å². The van der Waals surface area contributed by atoms with Crippen molar-refractivity contribution in [1.29, 1.82) is 0 Å². The second kappa shape index (κ2) is 8.00. The lowest BCUT2D eigenvalue weighted by atomic mass is 10.1. The van der Waals surface area contributed by atoms with Crippen LogP contribution in [-0.2, 0) is 4.79 Å². The third-order valence-electron chi connectivity index (χ3n) is 3.80. The van der Waals surface area contributed by atoms with Gasteiger partial charge in [0.05, 0.1) is 13.1 Å². The maximum absolute atomic E-state index is 11.9. The highest BCUT2D eigenvalue weighted by atomic mass is 16.5. The molecule has 1 fully saturated rings. The SMILES string of the molecule is CN(CC(=O)NCCOc1ccccc1)C(CN)C1CC1. The second-order valence-corrected chi connectivity index (χ2v) is 5.57. The summed E-state index contributed by atoms with van der Waals surface area (Å²) in [5, 5.41) is 2.88. The van der Waals surface area contributed by atoms with Crippen molar-refractivity contribution >= 4 is 5.91 Å². The van der Waals surface area contributed by atoms with Crippen LogP contribution in [0.5, 0.6) is 5.75 Å². The van der Waals surface area contributed by atoms with Gasteiger partial charge in [0.1, 0.15) is 12.4 Å². The Labute approximate surface area is 126 Å². The quantitative estimate of drug-likeness (QED) is 0.662. The van der Waals surface area contributed by atoms with Crippen LogP contribution >= 0.6 is 0 Å². The average molecular weight is 291 g/mol. The van der Waals surface area contributed by atoms with Crippen LogP contribution in [0.25, 0.3) is 0 Å². The smallest absolute Gasteiger partial charge is 0.234 e. The van der Waals surface area contributed by atoms with Crippen molar-refractivity contribution in [3.63, 3.8) is 0 Å². The van der Waals surface area contributed by atoms with Crippen LogP contribution in [0.2, 0.25) is 0 Å². The molecule has 0 spiro atoms. The van der Waals surface area contributed by atoms with Crippen LogP contribution in [0.1, 0.15) is 12.8 Å². The van der Waals surface area contributed by atoms with E-state index in [1.165, 1.54) is 12.8 Å². The molecule has 0 aliphatic heterocycles. The van der Waals surface area contributed by atoms with E-state index in [4.69, 9.17) is 10.5 Å². The number of rotatable bonds is 9. The molecule has 0 aromatic heterocycles. The van der Waals surface area contributed by atoms with Crippen LogP contribution in [0, 0.1) is 5.92 Å². The first kappa shape index (κ1) is 15.8. The largest absolute Gasteiger partial charge is 0.492 e. The summed E-state index contributed by atoms with van der Waals surface area (Å²) in [5.41, 5.74) is 5.78. The van der Waals surface area contributed by atoms with Gasteiger partial charge in [-0.15, -0.1) is 0 Å². The van der Waals surface area contributed by atoms with Gasteiger partial charge in [-0.1, -0.05) is 18.2 Å². The Bertz CT molecular complexity index is 434. The Hall–Kier alpha value is -1.59. The van der Waals surface area contributed by atoms with Crippen molar-refractivity contribution in [2.24, 2.45) is 11.7 Å². The van der Waals surface area contributed by atoms with Crippen molar-refractivity contribution in [3.05, 3.63) is 30.3 Å². The summed E-state index contributed by atoms with van der Waals surface area (Å²) in [5.74, 6) is 1.52. The lowest BCUT2D eigenvalue weighted by Gasteiger charge is -2.26. The molecule has 1 atom stereocenters. The molecular formula is C16H25N3O2. The third kappa shape index (κ3) is 5.36. The standard InChI is InChI=1S/C16H25N3O2/c1-19(15(11-17)13-7-8-13)12-16(20)18-9-10-21-14-5-3-2-4-6-14/h2-6,13,15H,7-12,17H2,1H3,(H,18,20). The fraction of sp³-hybridized carbons (Fsp3) is 0.562. The molecule has 0 radical (unpaired) electrons. The van der Waals surface area contributed by atoms with E-state index in [1.807, 2.05) is 37.4 Å². The lowest BCUT2D eigenvalue weighted by molar-refractivity contribution is -0.122. The van der Waals surface area contributed by atoms with Gasteiger partial charge in [-0.2, -0.15) is 0 Å². The van der Waals surface area contributed by atoms with E-state index in [2.05, 4.69) is 10.2 Å². The van der Waals surface area contributed by atoms with E-state index in [0.717, 1.165) is 5.75 Å². The topological polar surface area (TPSA) is 67.6 Å². The summed E-state index contributed by atoms with van der Waals surface area (Å²) in [6.07, 6.45) is 2.47. The molecule has 1 aliphatic rings. The predicted molar refractivity (Wildman–Crippen MR) is 83.1 cm³/mol. The molecule has 5 nitrogen and oxygen atoms in total. The fourth-order valence-corrected chi connectivity index (χ4v) is 2.49. The number of carbonyl (C=O) groups is 1. The molecule has 0 heterocycles. The van der Waals surface area contributed by atoms with Gasteiger partial charge in [-0.05, 0) is 37.9 Å². The number of likely N-dealkylation sites (N-methyl/N-ethyl adjacent to an activating group) is 1. The number of hydrogen-bond acceptors (Lipinski definition) is 4. The van der Waals surface area contributed by atoms with E-state index in [-0.39, 0.29) is 5.91 Å². The first-order valence-electron chi connectivity index (χ1n) is 7.55. The number of nitrogens with two attached hydrogens (primary N) is 1. The predicted octanol–water partition coefficient (Wildman–Crippen LogP) is 0.851. The summed E-state index contributed by atoms with van der Waals surface area (Å²) in [6.45, 7) is 2.00. The zero-order chi connectivity index (χ0) is 15.1. The van der Waals surface area contributed by atoms with Gasteiger partial charge < -0.3 is 15.8 Å². The van der Waals surface area contributed by atoms with Crippen molar-refractivity contribution in [1.82, 2.24) is 10.2 Å². The van der Waals surface area contributed by atoms with Gasteiger partial charge >= 0.3 is 0 Å². The summed E-state index contributed by atoms with van der Waals surface area (Å²) < 4.78 is 5.53. The van der Waals surface area contributed by atoms with Gasteiger partial charge in [0, 0.05) is 12.6 Å². The van der Waals surface area contributed by atoms with Gasteiger partial charge in [-0.25, -0.2) is 0 Å². The summed E-state index contributed by atoms with van der Waals surface area (Å²) in [7, 11) is 1.97. The van der Waals surface area contributed by atoms with Crippen LogP contribution < -0.4 is 15.8 Å². The number of nitrogens with zero attached hydrogens (tertiary/aromatic N) is 1. The maximum atomic E-state index is 11.9. The molecule has 1 aromatic rings. The van der Waals surface area contributed by atoms with Crippen LogP contribution in [0.4, 0.5) is 0 Å². The number of carbonyl (C=O) groups excluding carboxylic acids is 1. The monoisotopic (exact) mass is 291 g/mol. The minimum absolute atomic E-state index is 0.0215. The molecule has 0 saturated heterocycles. The first-order valence-corrected chi connectivity index (χ1v) is 7.55. The number of amides is 1. The average Bonchev–Trinajstić information content (AvgIpc) is 3.30. The molecule has 1 aromatic carbocycles. The Balaban J connectivity index is 1.61. The molecule has 5 heteroatoms. The van der Waals surface area contributed by atoms with Crippen molar-refractivity contribution in [3.8, 4) is 5.75 Å². The molecular weight excluding hydrogens is 266 g/mol. The number of benzene rings is 1. The van der Waals surface area contributed by atoms with E-state index < -0.39 is 0 Å². The zero-order valence-electron chi connectivity index (χ0n) is 12.6. The maximum Gasteiger partial charge on any atom is 0.234 e. The molecule has 1 amide bonds. The summed E-state index contributed by atoms with van der Waals surface area (Å²) in [4.78, 5) is 13.9. The number of para-hydroxylation sites is 1. The fourth-order valence-electron chi connectivity index (χ4n) is 2.49. The zero-order valence-corrected chi connectivity index (χ0v) is 12.6. The van der Waals surface area contributed by atoms with Crippen LogP contribution in [0.3, 0.4) is 0 Å². The summed E-state index contributed by atoms with van der Waals surface area (Å²) in [6, 6.07) is 9.92. The highest BCUT2D eigenvalue weighted by molar-refractivity contribution is 5.78. The second-order valence-electron chi connectivity index (χ2n) is 5.57. The molecule has 2 rings (SSSR count). The Morgan fingerprint density at radius 2 is 2.14 bits per heavy atom. The number of nitrogens with one attached hydrogen (secondary N) is 1. The molecule has 1 saturated carbocycles. The van der Waals surface area contributed by atoms with Gasteiger partial charge in [0.25, 0.3) is 0 Å². The molecule has 1 unspecified atom stereocenters. The highest BCUT2D eigenvalue weighted by Crippen LogP contribution is 2.34. The lowest BCUT2D eigenvalue weighted by Crippen LogP contribution is -2.45.